The highest BCUT2D eigenvalue weighted by Gasteiger charge is 2.30. The first-order valence-electron chi connectivity index (χ1n) is 14.7. The molecule has 1 aliphatic heterocycles. The molecule has 4 heteroatoms. The number of hydrogen-bond acceptors (Lipinski definition) is 3. The smallest absolute Gasteiger partial charge is 0.203 e. The van der Waals surface area contributed by atoms with Gasteiger partial charge in [0.2, 0.25) is 6.29 Å². The fourth-order valence-corrected chi connectivity index (χ4v) is 8.17. The highest BCUT2D eigenvalue weighted by atomic mass is 32.1. The fraction of sp³-hybridized carbons (Fsp3) is 0.0513. The number of aromatic nitrogens is 1. The molecule has 0 aliphatic carbocycles. The maximum absolute atomic E-state index is 5.51. The first-order chi connectivity index (χ1) is 21.3. The summed E-state index contributed by atoms with van der Waals surface area (Å²) in [6.45, 7) is 0. The van der Waals surface area contributed by atoms with Crippen LogP contribution in [0, 0.1) is 0 Å². The summed E-state index contributed by atoms with van der Waals surface area (Å²) in [5.74, 6) is 0. The monoisotopic (exact) mass is 569 g/mol. The molecule has 0 bridgehead atoms. The second kappa shape index (κ2) is 9.41. The van der Waals surface area contributed by atoms with Crippen LogP contribution < -0.4 is 0 Å². The number of hydrogen-bond donors (Lipinski definition) is 0. The zero-order valence-electron chi connectivity index (χ0n) is 23.6. The molecule has 3 heterocycles. The summed E-state index contributed by atoms with van der Waals surface area (Å²) in [4.78, 5) is 7.84. The Kier molecular flexibility index (Phi) is 5.34. The van der Waals surface area contributed by atoms with Gasteiger partial charge in [0.05, 0.1) is 16.7 Å². The van der Waals surface area contributed by atoms with Crippen LogP contribution in [-0.4, -0.2) is 22.2 Å². The Balaban J connectivity index is 1.44. The number of rotatable bonds is 3. The summed E-state index contributed by atoms with van der Waals surface area (Å²) in [6, 6.07) is 47.8. The average Bonchev–Trinajstić information content (AvgIpc) is 3.63. The molecule has 1 atom stereocenters. The molecule has 1 aliphatic rings. The molecule has 9 rings (SSSR count). The van der Waals surface area contributed by atoms with E-state index in [0.717, 1.165) is 17.0 Å². The van der Waals surface area contributed by atoms with E-state index in [-0.39, 0.29) is 6.29 Å². The van der Waals surface area contributed by atoms with Gasteiger partial charge in [-0.3, -0.25) is 4.57 Å². The molecule has 0 saturated carbocycles. The van der Waals surface area contributed by atoms with Gasteiger partial charge in [-0.1, -0.05) is 121 Å². The zero-order chi connectivity index (χ0) is 28.5. The van der Waals surface area contributed by atoms with Gasteiger partial charge in [0.1, 0.15) is 0 Å². The van der Waals surface area contributed by atoms with Crippen LogP contribution in [0.5, 0.6) is 0 Å². The molecular formula is C39H27N3S. The molecule has 0 spiro atoms. The van der Waals surface area contributed by atoms with Crippen molar-refractivity contribution >= 4 is 75.5 Å². The number of para-hydroxylation sites is 1. The van der Waals surface area contributed by atoms with Crippen molar-refractivity contribution in [2.75, 3.05) is 7.05 Å². The van der Waals surface area contributed by atoms with Crippen LogP contribution in [0.15, 0.2) is 145 Å². The van der Waals surface area contributed by atoms with Gasteiger partial charge in [0.25, 0.3) is 0 Å². The van der Waals surface area contributed by atoms with Gasteiger partial charge in [-0.05, 0) is 34.7 Å². The van der Waals surface area contributed by atoms with Crippen molar-refractivity contribution in [2.24, 2.45) is 4.99 Å². The number of nitrogens with zero attached hydrogens (tertiary/aromatic N) is 3. The molecule has 0 amide bonds. The Labute approximate surface area is 253 Å². The highest BCUT2D eigenvalue weighted by molar-refractivity contribution is 7.27. The van der Waals surface area contributed by atoms with E-state index in [4.69, 9.17) is 4.99 Å². The average molecular weight is 570 g/mol. The van der Waals surface area contributed by atoms with Crippen LogP contribution in [0.25, 0.3) is 58.4 Å². The summed E-state index contributed by atoms with van der Waals surface area (Å²) in [5, 5.41) is 7.79. The summed E-state index contributed by atoms with van der Waals surface area (Å²) in [5.41, 5.74) is 6.86. The lowest BCUT2D eigenvalue weighted by Crippen LogP contribution is -2.31. The maximum atomic E-state index is 5.51. The van der Waals surface area contributed by atoms with Crippen LogP contribution >= 0.6 is 11.3 Å². The van der Waals surface area contributed by atoms with E-state index in [2.05, 4.69) is 156 Å². The number of benzene rings is 6. The molecule has 3 nitrogen and oxygen atoms in total. The van der Waals surface area contributed by atoms with Gasteiger partial charge >= 0.3 is 0 Å². The second-order valence-corrected chi connectivity index (χ2v) is 12.2. The van der Waals surface area contributed by atoms with Crippen LogP contribution in [0.1, 0.15) is 17.4 Å². The Morgan fingerprint density at radius 1 is 0.581 bits per heavy atom. The van der Waals surface area contributed by atoms with E-state index in [1.807, 2.05) is 11.3 Å². The van der Waals surface area contributed by atoms with Crippen molar-refractivity contribution < 1.29 is 0 Å². The zero-order valence-corrected chi connectivity index (χ0v) is 24.4. The fourth-order valence-electron chi connectivity index (χ4n) is 6.89. The van der Waals surface area contributed by atoms with Gasteiger partial charge in [0, 0.05) is 49.1 Å². The van der Waals surface area contributed by atoms with E-state index in [1.165, 1.54) is 58.3 Å². The Bertz CT molecular complexity index is 2410. The molecule has 0 radical (unpaired) electrons. The maximum Gasteiger partial charge on any atom is 0.203 e. The molecule has 8 aromatic rings. The van der Waals surface area contributed by atoms with Gasteiger partial charge in [-0.2, -0.15) is 0 Å². The second-order valence-electron chi connectivity index (χ2n) is 11.2. The molecule has 43 heavy (non-hydrogen) atoms. The van der Waals surface area contributed by atoms with Gasteiger partial charge < -0.3 is 4.90 Å². The Morgan fingerprint density at radius 2 is 1.19 bits per heavy atom. The van der Waals surface area contributed by atoms with Crippen LogP contribution in [-0.2, 0) is 0 Å². The first-order valence-corrected chi connectivity index (χ1v) is 15.5. The number of fused-ring (bicyclic) bond motifs is 10. The summed E-state index contributed by atoms with van der Waals surface area (Å²) >= 11 is 1.90. The minimum Gasteiger partial charge on any atom is -0.335 e. The lowest BCUT2D eigenvalue weighted by atomic mass is 9.99. The Morgan fingerprint density at radius 3 is 1.95 bits per heavy atom. The molecule has 0 N–H and O–H groups in total. The van der Waals surface area contributed by atoms with Crippen molar-refractivity contribution in [3.8, 4) is 0 Å². The molecule has 2 aromatic heterocycles. The van der Waals surface area contributed by atoms with E-state index in [9.17, 15) is 0 Å². The van der Waals surface area contributed by atoms with E-state index >= 15 is 0 Å². The first kappa shape index (κ1) is 24.4. The van der Waals surface area contributed by atoms with Crippen LogP contribution in [0.2, 0.25) is 0 Å². The van der Waals surface area contributed by atoms with Crippen molar-refractivity contribution in [1.29, 1.82) is 0 Å². The van der Waals surface area contributed by atoms with Crippen molar-refractivity contribution in [3.05, 3.63) is 151 Å². The van der Waals surface area contributed by atoms with Gasteiger partial charge in [-0.25, -0.2) is 4.99 Å². The lowest BCUT2D eigenvalue weighted by Gasteiger charge is -2.35. The van der Waals surface area contributed by atoms with E-state index < -0.39 is 0 Å². The van der Waals surface area contributed by atoms with E-state index in [0.29, 0.717) is 0 Å². The van der Waals surface area contributed by atoms with Crippen LogP contribution in [0.3, 0.4) is 0 Å². The molecular weight excluding hydrogens is 543 g/mol. The number of aliphatic imine (C=N–C) groups is 1. The largest absolute Gasteiger partial charge is 0.335 e. The van der Waals surface area contributed by atoms with Gasteiger partial charge in [0.15, 0.2) is 0 Å². The SMILES string of the molecule is CN1C(c2ccccc2)=CC(c2ccccc2)=NC1n1c2ccccc2c2c3sc4ccccc4c3c3ccccc3c21. The third-order valence-corrected chi connectivity index (χ3v) is 10.00. The molecule has 6 aromatic carbocycles. The topological polar surface area (TPSA) is 20.5 Å². The van der Waals surface area contributed by atoms with Crippen molar-refractivity contribution in [2.45, 2.75) is 6.29 Å². The normalized spacial score (nSPS) is 15.6. The van der Waals surface area contributed by atoms with Crippen LogP contribution in [0.4, 0.5) is 0 Å². The summed E-state index contributed by atoms with van der Waals surface area (Å²) in [7, 11) is 2.18. The third kappa shape index (κ3) is 3.57. The molecule has 0 fully saturated rings. The lowest BCUT2D eigenvalue weighted by molar-refractivity contribution is 0.282. The van der Waals surface area contributed by atoms with Crippen molar-refractivity contribution in [3.63, 3.8) is 0 Å². The van der Waals surface area contributed by atoms with E-state index in [1.54, 1.807) is 0 Å². The Hall–Kier alpha value is -5.19. The quantitative estimate of drug-likeness (QED) is 0.207. The number of thiophene rings is 1. The predicted octanol–water partition coefficient (Wildman–Crippen LogP) is 10.2. The summed E-state index contributed by atoms with van der Waals surface area (Å²) < 4.78 is 5.14. The minimum absolute atomic E-state index is 0.284. The number of allylic oxidation sites excluding steroid dienone is 1. The minimum atomic E-state index is -0.284. The molecule has 1 unspecified atom stereocenters. The standard InChI is InChI=1S/C39H27N3S/c1-41-33(26-16-6-3-7-17-26)24-31(25-14-4-2-5-15-25)40-39(41)42-32-22-12-10-20-29(32)36-37(42)28-19-9-8-18-27(28)35-30-21-11-13-23-34(30)43-38(35)36/h2-24,39H,1H3. The summed E-state index contributed by atoms with van der Waals surface area (Å²) in [6.07, 6.45) is 1.95. The predicted molar refractivity (Wildman–Crippen MR) is 184 cm³/mol. The molecule has 0 saturated heterocycles. The van der Waals surface area contributed by atoms with Gasteiger partial charge in [-0.15, -0.1) is 11.3 Å². The van der Waals surface area contributed by atoms with Crippen molar-refractivity contribution in [1.82, 2.24) is 9.47 Å². The molecule has 204 valence electrons. The third-order valence-electron chi connectivity index (χ3n) is 8.81. The highest BCUT2D eigenvalue weighted by Crippen LogP contribution is 2.48.